The highest BCUT2D eigenvalue weighted by Gasteiger charge is 2.18. The number of ether oxygens (including phenoxy) is 1. The summed E-state index contributed by atoms with van der Waals surface area (Å²) in [5, 5.41) is 23.3. The van der Waals surface area contributed by atoms with E-state index >= 15 is 0 Å². The van der Waals surface area contributed by atoms with Gasteiger partial charge >= 0.3 is 5.97 Å². The summed E-state index contributed by atoms with van der Waals surface area (Å²) in [6.45, 7) is 4.96. The lowest BCUT2D eigenvalue weighted by atomic mass is 10.0. The molecule has 0 aromatic carbocycles. The van der Waals surface area contributed by atoms with Crippen molar-refractivity contribution < 1.29 is 24.5 Å². The number of amides is 1. The van der Waals surface area contributed by atoms with Gasteiger partial charge in [0.15, 0.2) is 0 Å². The zero-order chi connectivity index (χ0) is 62.8. The van der Waals surface area contributed by atoms with Crippen LogP contribution in [0.15, 0.2) is 24.3 Å². The maximum absolute atomic E-state index is 12.6. The lowest BCUT2D eigenvalue weighted by molar-refractivity contribution is -0.143. The van der Waals surface area contributed by atoms with Crippen molar-refractivity contribution in [2.45, 2.75) is 469 Å². The molecule has 0 fully saturated rings. The molecule has 0 saturated heterocycles. The van der Waals surface area contributed by atoms with Crippen LogP contribution in [0, 0.1) is 0 Å². The third-order valence-electron chi connectivity index (χ3n) is 19.0. The van der Waals surface area contributed by atoms with E-state index in [1.165, 1.54) is 385 Å². The third kappa shape index (κ3) is 73.3. The molecule has 0 aliphatic carbocycles. The Morgan fingerprint density at radius 2 is 0.540 bits per heavy atom. The smallest absolute Gasteiger partial charge is 0.305 e. The van der Waals surface area contributed by atoms with Gasteiger partial charge in [-0.3, -0.25) is 9.59 Å². The quantitative estimate of drug-likeness (QED) is 0.0320. The van der Waals surface area contributed by atoms with Crippen molar-refractivity contribution in [1.29, 1.82) is 0 Å². The number of allylic oxidation sites excluding steroid dienone is 3. The van der Waals surface area contributed by atoms with Gasteiger partial charge in [0.25, 0.3) is 0 Å². The number of hydrogen-bond donors (Lipinski definition) is 3. The summed E-state index contributed by atoms with van der Waals surface area (Å²) in [7, 11) is 0. The fourth-order valence-corrected chi connectivity index (χ4v) is 12.9. The van der Waals surface area contributed by atoms with Gasteiger partial charge in [-0.05, 0) is 57.8 Å². The molecule has 6 heteroatoms. The molecule has 6 nitrogen and oxygen atoms in total. The van der Waals surface area contributed by atoms with E-state index in [-0.39, 0.29) is 18.5 Å². The van der Waals surface area contributed by atoms with Crippen molar-refractivity contribution in [3.05, 3.63) is 24.3 Å². The van der Waals surface area contributed by atoms with Crippen molar-refractivity contribution in [2.24, 2.45) is 0 Å². The van der Waals surface area contributed by atoms with Gasteiger partial charge in [-0.25, -0.2) is 0 Å². The summed E-state index contributed by atoms with van der Waals surface area (Å²) in [5.41, 5.74) is 0. The van der Waals surface area contributed by atoms with Gasteiger partial charge in [-0.15, -0.1) is 0 Å². The number of carbonyl (C=O) groups excluding carboxylic acids is 2. The normalized spacial score (nSPS) is 12.6. The lowest BCUT2D eigenvalue weighted by Gasteiger charge is -2.20. The van der Waals surface area contributed by atoms with E-state index in [0.29, 0.717) is 19.4 Å². The van der Waals surface area contributed by atoms with Crippen molar-refractivity contribution in [1.82, 2.24) is 5.32 Å². The van der Waals surface area contributed by atoms with Crippen molar-refractivity contribution in [3.8, 4) is 0 Å². The molecule has 3 N–H and O–H groups in total. The lowest BCUT2D eigenvalue weighted by Crippen LogP contribution is -2.45. The van der Waals surface area contributed by atoms with Gasteiger partial charge in [0, 0.05) is 12.8 Å². The first-order valence-electron chi connectivity index (χ1n) is 40.1. The fraction of sp³-hybridized carbons (Fsp3) is 0.926. The average molecular weight is 1230 g/mol. The van der Waals surface area contributed by atoms with Gasteiger partial charge in [-0.1, -0.05) is 411 Å². The van der Waals surface area contributed by atoms with Crippen LogP contribution in [0.4, 0.5) is 0 Å². The minimum Gasteiger partial charge on any atom is -0.466 e. The van der Waals surface area contributed by atoms with E-state index in [2.05, 4.69) is 31.3 Å². The second-order valence-electron chi connectivity index (χ2n) is 27.8. The SMILES string of the molecule is CCCCCCCCC/C=C\CCCCCCCCCC(=O)OCCCCCCCCCCCCCCCCCCCCCCCCCCCCCCCC(=O)NC(CO)C(O)/C=C/CCCCCCCCCCCCCCCCCCCCCCC. The molecule has 0 aliphatic rings. The molecular weight excluding hydrogens is 1070 g/mol. The highest BCUT2D eigenvalue weighted by atomic mass is 16.5. The van der Waals surface area contributed by atoms with E-state index < -0.39 is 12.1 Å². The molecule has 0 bridgehead atoms. The van der Waals surface area contributed by atoms with Crippen LogP contribution in [-0.4, -0.2) is 47.4 Å². The van der Waals surface area contributed by atoms with Crippen LogP contribution in [-0.2, 0) is 14.3 Å². The Morgan fingerprint density at radius 1 is 0.310 bits per heavy atom. The summed E-state index contributed by atoms with van der Waals surface area (Å²) >= 11 is 0. The van der Waals surface area contributed by atoms with Crippen LogP contribution < -0.4 is 5.32 Å². The zero-order valence-corrected chi connectivity index (χ0v) is 59.3. The molecule has 1 amide bonds. The maximum Gasteiger partial charge on any atom is 0.305 e. The predicted molar refractivity (Wildman–Crippen MR) is 384 cm³/mol. The number of nitrogens with one attached hydrogen (secondary N) is 1. The molecule has 2 unspecified atom stereocenters. The molecule has 0 radical (unpaired) electrons. The molecule has 516 valence electrons. The second kappa shape index (κ2) is 76.8. The molecule has 0 aliphatic heterocycles. The Kier molecular flexibility index (Phi) is 75.3. The minimum atomic E-state index is -0.843. The molecule has 0 saturated carbocycles. The van der Waals surface area contributed by atoms with E-state index in [0.717, 1.165) is 44.9 Å². The molecule has 87 heavy (non-hydrogen) atoms. The highest BCUT2D eigenvalue weighted by Crippen LogP contribution is 2.20. The van der Waals surface area contributed by atoms with E-state index in [1.807, 2.05) is 6.08 Å². The minimum absolute atomic E-state index is 0.0174. The van der Waals surface area contributed by atoms with Crippen LogP contribution in [0.25, 0.3) is 0 Å². The largest absolute Gasteiger partial charge is 0.466 e. The Labute approximate surface area is 545 Å². The topological polar surface area (TPSA) is 95.9 Å². The summed E-state index contributed by atoms with van der Waals surface area (Å²) in [6.07, 6.45) is 98.7. The van der Waals surface area contributed by atoms with Gasteiger partial charge < -0.3 is 20.3 Å². The second-order valence-corrected chi connectivity index (χ2v) is 27.8. The van der Waals surface area contributed by atoms with Crippen LogP contribution >= 0.6 is 0 Å². The Hall–Kier alpha value is -1.66. The van der Waals surface area contributed by atoms with E-state index in [9.17, 15) is 19.8 Å². The van der Waals surface area contributed by atoms with Gasteiger partial charge in [-0.2, -0.15) is 0 Å². The molecule has 0 heterocycles. The first kappa shape index (κ1) is 85.3. The summed E-state index contributed by atoms with van der Waals surface area (Å²) in [4.78, 5) is 24.7. The Morgan fingerprint density at radius 3 is 0.816 bits per heavy atom. The van der Waals surface area contributed by atoms with Crippen LogP contribution in [0.2, 0.25) is 0 Å². The molecule has 0 aromatic rings. The van der Waals surface area contributed by atoms with Crippen molar-refractivity contribution >= 4 is 11.9 Å². The first-order chi connectivity index (χ1) is 43.0. The number of aliphatic hydroxyl groups excluding tert-OH is 2. The maximum atomic E-state index is 12.6. The predicted octanol–water partition coefficient (Wildman–Crippen LogP) is 26.4. The van der Waals surface area contributed by atoms with Gasteiger partial charge in [0.05, 0.1) is 25.4 Å². The average Bonchev–Trinajstić information content (AvgIpc) is 3.53. The summed E-state index contributed by atoms with van der Waals surface area (Å²) < 4.78 is 5.51. The zero-order valence-electron chi connectivity index (χ0n) is 59.3. The Balaban J connectivity index is 3.36. The van der Waals surface area contributed by atoms with E-state index in [4.69, 9.17) is 4.74 Å². The first-order valence-corrected chi connectivity index (χ1v) is 40.1. The summed E-state index contributed by atoms with van der Waals surface area (Å²) in [5.74, 6) is -0.0418. The van der Waals surface area contributed by atoms with Crippen LogP contribution in [0.1, 0.15) is 457 Å². The molecule has 0 rings (SSSR count). The molecule has 0 spiro atoms. The fourth-order valence-electron chi connectivity index (χ4n) is 12.9. The van der Waals surface area contributed by atoms with Crippen LogP contribution in [0.5, 0.6) is 0 Å². The third-order valence-corrected chi connectivity index (χ3v) is 19.0. The number of esters is 1. The summed E-state index contributed by atoms with van der Waals surface area (Å²) in [6, 6.07) is -0.626. The van der Waals surface area contributed by atoms with Crippen molar-refractivity contribution in [2.75, 3.05) is 13.2 Å². The number of carbonyl (C=O) groups is 2. The monoisotopic (exact) mass is 1220 g/mol. The number of aliphatic hydroxyl groups is 2. The van der Waals surface area contributed by atoms with Crippen LogP contribution in [0.3, 0.4) is 0 Å². The standard InChI is InChI=1S/C81H157NO5/c1-3-5-7-9-11-13-15-17-19-21-23-24-32-35-38-41-45-49-53-57-61-65-69-73-79(84)78(77-83)82-80(85)74-70-66-62-58-54-50-46-42-39-36-33-30-28-26-25-27-29-31-34-37-40-44-48-52-56-60-64-68-72-76-87-81(86)75-71-67-63-59-55-51-47-43-22-20-18-16-14-12-10-8-6-4-2/h20,22,69,73,78-79,83-84H,3-19,21,23-68,70-72,74-77H2,1-2H3,(H,82,85)/b22-20-,73-69+. The highest BCUT2D eigenvalue weighted by molar-refractivity contribution is 5.76. The number of unbranched alkanes of at least 4 members (excludes halogenated alkanes) is 63. The molecule has 0 aromatic heterocycles. The molecule has 2 atom stereocenters. The van der Waals surface area contributed by atoms with E-state index in [1.54, 1.807) is 6.08 Å². The number of hydrogen-bond acceptors (Lipinski definition) is 5. The Bertz CT molecular complexity index is 1360. The van der Waals surface area contributed by atoms with Crippen molar-refractivity contribution in [3.63, 3.8) is 0 Å². The van der Waals surface area contributed by atoms with Gasteiger partial charge in [0.2, 0.25) is 5.91 Å². The van der Waals surface area contributed by atoms with Gasteiger partial charge in [0.1, 0.15) is 0 Å². The molecular formula is C81H157NO5. The number of rotatable bonds is 76.